The number of hydrogen-bond donors (Lipinski definition) is 2. The molecule has 130 valence electrons. The molecule has 0 radical (unpaired) electrons. The third-order valence-electron chi connectivity index (χ3n) is 3.85. The number of benzene rings is 1. The summed E-state index contributed by atoms with van der Waals surface area (Å²) >= 11 is 0. The van der Waals surface area contributed by atoms with E-state index in [9.17, 15) is 9.59 Å². The van der Waals surface area contributed by atoms with E-state index in [4.69, 9.17) is 4.74 Å². The largest absolute Gasteiger partial charge is 0.379 e. The number of morpholine rings is 1. The predicted molar refractivity (Wildman–Crippen MR) is 93.4 cm³/mol. The molecule has 6 heteroatoms. The Bertz CT molecular complexity index is 566. The van der Waals surface area contributed by atoms with E-state index in [1.165, 1.54) is 6.08 Å². The van der Waals surface area contributed by atoms with Crippen molar-refractivity contribution >= 4 is 17.4 Å². The molecule has 0 aliphatic carbocycles. The molecule has 0 saturated carbocycles. The summed E-state index contributed by atoms with van der Waals surface area (Å²) in [6, 6.07) is 9.66. The maximum atomic E-state index is 11.9. The van der Waals surface area contributed by atoms with Crippen LogP contribution in [-0.4, -0.2) is 62.7 Å². The minimum atomic E-state index is -0.264. The maximum Gasteiger partial charge on any atom is 0.244 e. The minimum absolute atomic E-state index is 0.0134. The van der Waals surface area contributed by atoms with Crippen LogP contribution in [0.3, 0.4) is 0 Å². The molecule has 2 N–H and O–H groups in total. The third kappa shape index (κ3) is 6.52. The minimum Gasteiger partial charge on any atom is -0.379 e. The highest BCUT2D eigenvalue weighted by Crippen LogP contribution is 2.11. The number of carbonyl (C=O) groups is 2. The Morgan fingerprint density at radius 1 is 1.17 bits per heavy atom. The monoisotopic (exact) mass is 331 g/mol. The van der Waals surface area contributed by atoms with Gasteiger partial charge in [-0.25, -0.2) is 0 Å². The number of nitrogens with one attached hydrogen (secondary N) is 2. The number of amides is 2. The first kappa shape index (κ1) is 18.2. The summed E-state index contributed by atoms with van der Waals surface area (Å²) in [6.07, 6.45) is 1.51. The molecule has 2 rings (SSSR count). The molecule has 1 aromatic rings. The summed E-state index contributed by atoms with van der Waals surface area (Å²) in [5.74, 6) is -0.443. The molecule has 1 heterocycles. The summed E-state index contributed by atoms with van der Waals surface area (Å²) in [5.41, 5.74) is 1.85. The summed E-state index contributed by atoms with van der Waals surface area (Å²) in [5, 5.41) is 5.42. The van der Waals surface area contributed by atoms with Gasteiger partial charge in [0.15, 0.2) is 0 Å². The van der Waals surface area contributed by atoms with Crippen LogP contribution in [0.25, 0.3) is 5.57 Å². The van der Waals surface area contributed by atoms with Gasteiger partial charge in [-0.2, -0.15) is 0 Å². The van der Waals surface area contributed by atoms with Crippen LogP contribution in [0.15, 0.2) is 36.4 Å². The Morgan fingerprint density at radius 3 is 2.58 bits per heavy atom. The van der Waals surface area contributed by atoms with Crippen molar-refractivity contribution in [3.63, 3.8) is 0 Å². The van der Waals surface area contributed by atoms with Gasteiger partial charge in [-0.1, -0.05) is 30.3 Å². The van der Waals surface area contributed by atoms with Crippen LogP contribution in [0, 0.1) is 0 Å². The van der Waals surface area contributed by atoms with Gasteiger partial charge in [-0.3, -0.25) is 14.5 Å². The Kier molecular flexibility index (Phi) is 7.45. The van der Waals surface area contributed by atoms with Crippen molar-refractivity contribution in [2.75, 3.05) is 45.9 Å². The topological polar surface area (TPSA) is 70.7 Å². The predicted octanol–water partition coefficient (Wildman–Crippen LogP) is 0.655. The summed E-state index contributed by atoms with van der Waals surface area (Å²) < 4.78 is 5.27. The Hall–Kier alpha value is -2.18. The number of allylic oxidation sites excluding steroid dienone is 1. The molecule has 2 amide bonds. The van der Waals surface area contributed by atoms with Crippen LogP contribution >= 0.6 is 0 Å². The fourth-order valence-corrected chi connectivity index (χ4v) is 2.44. The lowest BCUT2D eigenvalue weighted by atomic mass is 10.1. The quantitative estimate of drug-likeness (QED) is 0.720. The smallest absolute Gasteiger partial charge is 0.244 e. The zero-order chi connectivity index (χ0) is 17.2. The lowest BCUT2D eigenvalue weighted by Crippen LogP contribution is -2.43. The standard InChI is InChI=1S/C18H25N3O3/c1-15(16-5-3-2-4-6-16)13-17(22)20-14-18(23)19-7-8-21-9-11-24-12-10-21/h2-6,13H,7-12,14H2,1H3,(H,19,23)(H,20,22)/b15-13+. The first-order valence-corrected chi connectivity index (χ1v) is 8.23. The molecule has 1 aliphatic heterocycles. The van der Waals surface area contributed by atoms with E-state index >= 15 is 0 Å². The van der Waals surface area contributed by atoms with Gasteiger partial charge in [0.1, 0.15) is 0 Å². The van der Waals surface area contributed by atoms with Crippen LogP contribution < -0.4 is 10.6 Å². The first-order chi connectivity index (χ1) is 11.6. The van der Waals surface area contributed by atoms with Gasteiger partial charge in [0, 0.05) is 32.3 Å². The van der Waals surface area contributed by atoms with Crippen molar-refractivity contribution in [2.45, 2.75) is 6.92 Å². The molecule has 24 heavy (non-hydrogen) atoms. The molecule has 0 aromatic heterocycles. The molecule has 1 aliphatic rings. The fraction of sp³-hybridized carbons (Fsp3) is 0.444. The van der Waals surface area contributed by atoms with Gasteiger partial charge in [-0.15, -0.1) is 0 Å². The van der Waals surface area contributed by atoms with Crippen LogP contribution in [0.1, 0.15) is 12.5 Å². The highest BCUT2D eigenvalue weighted by molar-refractivity contribution is 5.96. The Balaban J connectivity index is 1.64. The fourth-order valence-electron chi connectivity index (χ4n) is 2.44. The first-order valence-electron chi connectivity index (χ1n) is 8.23. The molecule has 1 saturated heterocycles. The second-order valence-electron chi connectivity index (χ2n) is 5.72. The van der Waals surface area contributed by atoms with Crippen molar-refractivity contribution in [3.8, 4) is 0 Å². The average Bonchev–Trinajstić information content (AvgIpc) is 2.61. The molecule has 0 unspecified atom stereocenters. The normalized spacial score (nSPS) is 15.8. The molecule has 0 atom stereocenters. The van der Waals surface area contributed by atoms with Crippen molar-refractivity contribution in [1.29, 1.82) is 0 Å². The second-order valence-corrected chi connectivity index (χ2v) is 5.72. The highest BCUT2D eigenvalue weighted by atomic mass is 16.5. The molecule has 6 nitrogen and oxygen atoms in total. The Morgan fingerprint density at radius 2 is 1.88 bits per heavy atom. The van der Waals surface area contributed by atoms with Crippen molar-refractivity contribution in [1.82, 2.24) is 15.5 Å². The van der Waals surface area contributed by atoms with E-state index in [0.717, 1.165) is 44.0 Å². The van der Waals surface area contributed by atoms with Gasteiger partial charge in [0.2, 0.25) is 11.8 Å². The lowest BCUT2D eigenvalue weighted by molar-refractivity contribution is -0.124. The van der Waals surface area contributed by atoms with Crippen molar-refractivity contribution < 1.29 is 14.3 Å². The molecule has 1 fully saturated rings. The van der Waals surface area contributed by atoms with Gasteiger partial charge in [0.25, 0.3) is 0 Å². The van der Waals surface area contributed by atoms with Crippen LogP contribution in [0.2, 0.25) is 0 Å². The molecule has 0 spiro atoms. The number of hydrogen-bond acceptors (Lipinski definition) is 4. The summed E-state index contributed by atoms with van der Waals surface area (Å²) in [7, 11) is 0. The van der Waals surface area contributed by atoms with Crippen molar-refractivity contribution in [2.24, 2.45) is 0 Å². The van der Waals surface area contributed by atoms with E-state index < -0.39 is 0 Å². The molecule has 1 aromatic carbocycles. The number of nitrogens with zero attached hydrogens (tertiary/aromatic N) is 1. The molecular formula is C18H25N3O3. The third-order valence-corrected chi connectivity index (χ3v) is 3.85. The number of rotatable bonds is 7. The molecular weight excluding hydrogens is 306 g/mol. The molecule has 0 bridgehead atoms. The zero-order valence-corrected chi connectivity index (χ0v) is 14.1. The van der Waals surface area contributed by atoms with E-state index in [1.54, 1.807) is 0 Å². The second kappa shape index (κ2) is 9.85. The van der Waals surface area contributed by atoms with Gasteiger partial charge in [0.05, 0.1) is 19.8 Å². The van der Waals surface area contributed by atoms with E-state index in [0.29, 0.717) is 6.54 Å². The van der Waals surface area contributed by atoms with E-state index in [2.05, 4.69) is 15.5 Å². The van der Waals surface area contributed by atoms with E-state index in [-0.39, 0.29) is 18.4 Å². The summed E-state index contributed by atoms with van der Waals surface area (Å²) in [4.78, 5) is 25.9. The van der Waals surface area contributed by atoms with Gasteiger partial charge < -0.3 is 15.4 Å². The van der Waals surface area contributed by atoms with Crippen molar-refractivity contribution in [3.05, 3.63) is 42.0 Å². The van der Waals surface area contributed by atoms with Crippen LogP contribution in [0.5, 0.6) is 0 Å². The zero-order valence-electron chi connectivity index (χ0n) is 14.1. The van der Waals surface area contributed by atoms with Gasteiger partial charge >= 0.3 is 0 Å². The summed E-state index contributed by atoms with van der Waals surface area (Å²) in [6.45, 7) is 6.53. The number of ether oxygens (including phenoxy) is 1. The number of carbonyl (C=O) groups excluding carboxylic acids is 2. The Labute approximate surface area is 142 Å². The van der Waals surface area contributed by atoms with Crippen LogP contribution in [-0.2, 0) is 14.3 Å². The average molecular weight is 331 g/mol. The van der Waals surface area contributed by atoms with Gasteiger partial charge in [-0.05, 0) is 18.1 Å². The SMILES string of the molecule is C/C(=C\C(=O)NCC(=O)NCCN1CCOCC1)c1ccccc1. The maximum absolute atomic E-state index is 11.9. The lowest BCUT2D eigenvalue weighted by Gasteiger charge is -2.26. The van der Waals surface area contributed by atoms with Crippen LogP contribution in [0.4, 0.5) is 0 Å². The highest BCUT2D eigenvalue weighted by Gasteiger charge is 2.10. The van der Waals surface area contributed by atoms with E-state index in [1.807, 2.05) is 37.3 Å².